The summed E-state index contributed by atoms with van der Waals surface area (Å²) >= 11 is 5.97. The summed E-state index contributed by atoms with van der Waals surface area (Å²) in [7, 11) is 0. The zero-order valence-electron chi connectivity index (χ0n) is 16.7. The van der Waals surface area contributed by atoms with E-state index in [1.54, 1.807) is 37.3 Å². The third kappa shape index (κ3) is 5.92. The first-order valence-electron chi connectivity index (χ1n) is 9.72. The highest BCUT2D eigenvalue weighted by Gasteiger charge is 2.24. The number of morpholine rings is 1. The van der Waals surface area contributed by atoms with Crippen LogP contribution in [0, 0.1) is 12.7 Å². The number of hydrogen-bond acceptors (Lipinski definition) is 4. The molecule has 1 amide bonds. The van der Waals surface area contributed by atoms with Gasteiger partial charge in [0.05, 0.1) is 19.3 Å². The molecule has 1 aliphatic rings. The first kappa shape index (κ1) is 21.6. The van der Waals surface area contributed by atoms with E-state index in [4.69, 9.17) is 21.1 Å². The smallest absolute Gasteiger partial charge is 0.260 e. The van der Waals surface area contributed by atoms with Crippen molar-refractivity contribution in [2.75, 3.05) is 32.8 Å². The molecule has 1 fully saturated rings. The lowest BCUT2D eigenvalue weighted by Gasteiger charge is -2.35. The van der Waals surface area contributed by atoms with Crippen LogP contribution in [0.4, 0.5) is 4.39 Å². The highest BCUT2D eigenvalue weighted by Crippen LogP contribution is 2.24. The van der Waals surface area contributed by atoms with E-state index in [-0.39, 0.29) is 17.8 Å². The summed E-state index contributed by atoms with van der Waals surface area (Å²) in [6.45, 7) is 6.79. The summed E-state index contributed by atoms with van der Waals surface area (Å²) in [5.41, 5.74) is 1.82. The molecule has 2 unspecified atom stereocenters. The topological polar surface area (TPSA) is 50.8 Å². The molecule has 0 bridgehead atoms. The SMILES string of the molecule is Cc1cc(Cl)ccc1OC(C)C(=O)NCC(c1ccc(F)cc1)N1CCOCC1. The number of amides is 1. The molecule has 1 heterocycles. The number of carbonyl (C=O) groups is 1. The van der Waals surface area contributed by atoms with E-state index in [1.807, 2.05) is 6.92 Å². The van der Waals surface area contributed by atoms with E-state index in [9.17, 15) is 9.18 Å². The fourth-order valence-electron chi connectivity index (χ4n) is 3.36. The van der Waals surface area contributed by atoms with Crippen LogP contribution in [-0.4, -0.2) is 49.8 Å². The Labute approximate surface area is 175 Å². The summed E-state index contributed by atoms with van der Waals surface area (Å²) in [5, 5.41) is 3.60. The van der Waals surface area contributed by atoms with Gasteiger partial charge in [0.1, 0.15) is 11.6 Å². The summed E-state index contributed by atoms with van der Waals surface area (Å²) in [5.74, 6) is 0.138. The van der Waals surface area contributed by atoms with Crippen molar-refractivity contribution < 1.29 is 18.7 Å². The Hall–Kier alpha value is -2.15. The largest absolute Gasteiger partial charge is 0.481 e. The number of hydrogen-bond donors (Lipinski definition) is 1. The van der Waals surface area contributed by atoms with Crippen molar-refractivity contribution in [1.82, 2.24) is 10.2 Å². The molecule has 2 aromatic carbocycles. The van der Waals surface area contributed by atoms with Gasteiger partial charge >= 0.3 is 0 Å². The maximum absolute atomic E-state index is 13.3. The van der Waals surface area contributed by atoms with E-state index in [0.717, 1.165) is 24.2 Å². The van der Waals surface area contributed by atoms with E-state index >= 15 is 0 Å². The van der Waals surface area contributed by atoms with Gasteiger partial charge in [-0.15, -0.1) is 0 Å². The second-order valence-electron chi connectivity index (χ2n) is 7.13. The molecule has 5 nitrogen and oxygen atoms in total. The molecule has 0 spiro atoms. The normalized spacial score (nSPS) is 16.8. The minimum atomic E-state index is -0.659. The first-order chi connectivity index (χ1) is 13.9. The van der Waals surface area contributed by atoms with Gasteiger partial charge < -0.3 is 14.8 Å². The minimum absolute atomic E-state index is 0.0621. The highest BCUT2D eigenvalue weighted by atomic mass is 35.5. The van der Waals surface area contributed by atoms with Gasteiger partial charge in [0.25, 0.3) is 5.91 Å². The number of benzene rings is 2. The monoisotopic (exact) mass is 420 g/mol. The van der Waals surface area contributed by atoms with Crippen LogP contribution in [0.25, 0.3) is 0 Å². The van der Waals surface area contributed by atoms with Gasteiger partial charge in [-0.05, 0) is 55.3 Å². The minimum Gasteiger partial charge on any atom is -0.481 e. The molecular weight excluding hydrogens is 395 g/mol. The van der Waals surface area contributed by atoms with Crippen molar-refractivity contribution in [3.05, 3.63) is 64.4 Å². The second kappa shape index (κ2) is 10.1. The quantitative estimate of drug-likeness (QED) is 0.741. The average molecular weight is 421 g/mol. The van der Waals surface area contributed by atoms with Gasteiger partial charge in [0.2, 0.25) is 0 Å². The molecule has 0 saturated carbocycles. The van der Waals surface area contributed by atoms with Gasteiger partial charge in [0.15, 0.2) is 6.10 Å². The summed E-state index contributed by atoms with van der Waals surface area (Å²) in [4.78, 5) is 14.9. The number of halogens is 2. The lowest BCUT2D eigenvalue weighted by molar-refractivity contribution is -0.127. The molecule has 3 rings (SSSR count). The van der Waals surface area contributed by atoms with Crippen LogP contribution in [0.1, 0.15) is 24.1 Å². The summed E-state index contributed by atoms with van der Waals surface area (Å²) in [6, 6.07) is 11.6. The molecule has 7 heteroatoms. The average Bonchev–Trinajstić information content (AvgIpc) is 2.72. The van der Waals surface area contributed by atoms with E-state index in [0.29, 0.717) is 30.5 Å². The van der Waals surface area contributed by atoms with Crippen LogP contribution in [0.2, 0.25) is 5.02 Å². The molecule has 0 radical (unpaired) electrons. The molecule has 1 aliphatic heterocycles. The van der Waals surface area contributed by atoms with Crippen molar-refractivity contribution in [2.45, 2.75) is 26.0 Å². The molecule has 0 aliphatic carbocycles. The fourth-order valence-corrected chi connectivity index (χ4v) is 3.59. The van der Waals surface area contributed by atoms with E-state index in [1.165, 1.54) is 12.1 Å². The van der Waals surface area contributed by atoms with Gasteiger partial charge in [-0.3, -0.25) is 9.69 Å². The van der Waals surface area contributed by atoms with Crippen LogP contribution in [0.3, 0.4) is 0 Å². The predicted octanol–water partition coefficient (Wildman–Crippen LogP) is 3.74. The number of ether oxygens (including phenoxy) is 2. The first-order valence-corrected chi connectivity index (χ1v) is 10.1. The molecule has 2 atom stereocenters. The molecule has 156 valence electrons. The molecule has 1 N–H and O–H groups in total. The van der Waals surface area contributed by atoms with Crippen LogP contribution >= 0.6 is 11.6 Å². The van der Waals surface area contributed by atoms with Crippen LogP contribution in [0.15, 0.2) is 42.5 Å². The van der Waals surface area contributed by atoms with Gasteiger partial charge in [-0.25, -0.2) is 4.39 Å². The van der Waals surface area contributed by atoms with Gasteiger partial charge in [0, 0.05) is 24.7 Å². The van der Waals surface area contributed by atoms with E-state index < -0.39 is 6.10 Å². The van der Waals surface area contributed by atoms with Crippen LogP contribution < -0.4 is 10.1 Å². The van der Waals surface area contributed by atoms with E-state index in [2.05, 4.69) is 10.2 Å². The lowest BCUT2D eigenvalue weighted by Crippen LogP contribution is -2.45. The molecular formula is C22H26ClFN2O3. The van der Waals surface area contributed by atoms with Gasteiger partial charge in [-0.2, -0.15) is 0 Å². The Morgan fingerprint density at radius 1 is 1.24 bits per heavy atom. The molecule has 0 aromatic heterocycles. The van der Waals surface area contributed by atoms with Crippen molar-refractivity contribution in [3.8, 4) is 5.75 Å². The molecule has 1 saturated heterocycles. The fraction of sp³-hybridized carbons (Fsp3) is 0.409. The number of carbonyl (C=O) groups excluding carboxylic acids is 1. The Morgan fingerprint density at radius 2 is 1.93 bits per heavy atom. The number of nitrogens with one attached hydrogen (secondary N) is 1. The van der Waals surface area contributed by atoms with Crippen LogP contribution in [-0.2, 0) is 9.53 Å². The van der Waals surface area contributed by atoms with Crippen molar-refractivity contribution >= 4 is 17.5 Å². The zero-order valence-corrected chi connectivity index (χ0v) is 17.4. The lowest BCUT2D eigenvalue weighted by atomic mass is 10.0. The zero-order chi connectivity index (χ0) is 20.8. The Morgan fingerprint density at radius 3 is 2.59 bits per heavy atom. The Kier molecular flexibility index (Phi) is 7.47. The Balaban J connectivity index is 1.64. The maximum Gasteiger partial charge on any atom is 0.260 e. The van der Waals surface area contributed by atoms with Gasteiger partial charge in [-0.1, -0.05) is 23.7 Å². The molecule has 2 aromatic rings. The molecule has 29 heavy (non-hydrogen) atoms. The summed E-state index contributed by atoms with van der Waals surface area (Å²) in [6.07, 6.45) is -0.659. The number of aryl methyl sites for hydroxylation is 1. The Bertz CT molecular complexity index is 825. The summed E-state index contributed by atoms with van der Waals surface area (Å²) < 4.78 is 24.6. The highest BCUT2D eigenvalue weighted by molar-refractivity contribution is 6.30. The second-order valence-corrected chi connectivity index (χ2v) is 7.57. The van der Waals surface area contributed by atoms with Crippen LogP contribution in [0.5, 0.6) is 5.75 Å². The van der Waals surface area contributed by atoms with Crippen molar-refractivity contribution in [2.24, 2.45) is 0 Å². The number of rotatable bonds is 7. The standard InChI is InChI=1S/C22H26ClFN2O3/c1-15-13-18(23)5-8-21(15)29-16(2)22(27)25-14-20(26-9-11-28-12-10-26)17-3-6-19(24)7-4-17/h3-8,13,16,20H,9-12,14H2,1-2H3,(H,25,27). The third-order valence-electron chi connectivity index (χ3n) is 5.02. The predicted molar refractivity (Wildman–Crippen MR) is 111 cm³/mol. The van der Waals surface area contributed by atoms with Crippen molar-refractivity contribution in [3.63, 3.8) is 0 Å². The maximum atomic E-state index is 13.3. The number of nitrogens with zero attached hydrogens (tertiary/aromatic N) is 1. The third-order valence-corrected chi connectivity index (χ3v) is 5.26. The van der Waals surface area contributed by atoms with Crippen molar-refractivity contribution in [1.29, 1.82) is 0 Å².